The van der Waals surface area contributed by atoms with Crippen molar-refractivity contribution in [2.24, 2.45) is 5.92 Å². The van der Waals surface area contributed by atoms with Gasteiger partial charge in [0.05, 0.1) is 0 Å². The Morgan fingerprint density at radius 1 is 1.12 bits per heavy atom. The van der Waals surface area contributed by atoms with Gasteiger partial charge in [-0.1, -0.05) is 43.9 Å². The second kappa shape index (κ2) is 8.80. The van der Waals surface area contributed by atoms with Crippen LogP contribution < -0.4 is 15.4 Å². The third kappa shape index (κ3) is 6.68. The van der Waals surface area contributed by atoms with Gasteiger partial charge >= 0.3 is 12.4 Å². The molecule has 0 spiro atoms. The number of para-hydroxylation sites is 1. The first kappa shape index (κ1) is 18.4. The van der Waals surface area contributed by atoms with Crippen molar-refractivity contribution in [2.45, 2.75) is 44.9 Å². The van der Waals surface area contributed by atoms with Crippen LogP contribution in [0.2, 0.25) is 0 Å². The third-order valence-corrected chi connectivity index (χ3v) is 4.19. The Balaban J connectivity index is 1.68. The highest BCUT2D eigenvalue weighted by Crippen LogP contribution is 2.27. The molecule has 1 aliphatic carbocycles. The highest BCUT2D eigenvalue weighted by Gasteiger charge is 2.31. The molecule has 2 N–H and O–H groups in total. The van der Waals surface area contributed by atoms with E-state index in [1.807, 2.05) is 0 Å². The van der Waals surface area contributed by atoms with Crippen LogP contribution in [0.5, 0.6) is 5.75 Å². The van der Waals surface area contributed by atoms with Gasteiger partial charge in [0, 0.05) is 13.1 Å². The predicted molar refractivity (Wildman–Crippen MR) is 84.8 cm³/mol. The lowest BCUT2D eigenvalue weighted by Crippen LogP contribution is -2.37. The first-order valence-corrected chi connectivity index (χ1v) is 8.29. The Labute approximate surface area is 139 Å². The summed E-state index contributed by atoms with van der Waals surface area (Å²) in [6, 6.07) is 5.65. The van der Waals surface area contributed by atoms with Crippen molar-refractivity contribution in [1.29, 1.82) is 0 Å². The number of hydrogen-bond donors (Lipinski definition) is 2. The standard InChI is InChI=1S/C17H23F3N2O2/c18-17(19,20)24-15-8-4-3-7-14(15)10-12-22-16(23)21-11-9-13-5-1-2-6-13/h3-4,7-8,13H,1-2,5-6,9-12H2,(H2,21,22,23). The normalized spacial score (nSPS) is 15.3. The molecule has 0 atom stereocenters. The van der Waals surface area contributed by atoms with Crippen molar-refractivity contribution in [2.75, 3.05) is 13.1 Å². The van der Waals surface area contributed by atoms with Crippen LogP contribution in [-0.2, 0) is 6.42 Å². The SMILES string of the molecule is O=C(NCCc1ccccc1OC(F)(F)F)NCCC1CCCC1. The fourth-order valence-corrected chi connectivity index (χ4v) is 3.00. The highest BCUT2D eigenvalue weighted by atomic mass is 19.4. The van der Waals surface area contributed by atoms with Crippen molar-refractivity contribution in [1.82, 2.24) is 10.6 Å². The van der Waals surface area contributed by atoms with E-state index in [2.05, 4.69) is 15.4 Å². The van der Waals surface area contributed by atoms with Gasteiger partial charge < -0.3 is 15.4 Å². The molecule has 24 heavy (non-hydrogen) atoms. The molecule has 0 radical (unpaired) electrons. The number of rotatable bonds is 7. The summed E-state index contributed by atoms with van der Waals surface area (Å²) in [5.41, 5.74) is 0.404. The minimum absolute atomic E-state index is 0.228. The van der Waals surface area contributed by atoms with Crippen LogP contribution in [-0.4, -0.2) is 25.5 Å². The molecule has 134 valence electrons. The Kier molecular flexibility index (Phi) is 6.75. The number of urea groups is 1. The van der Waals surface area contributed by atoms with Crippen LogP contribution in [0.1, 0.15) is 37.7 Å². The molecule has 0 heterocycles. The van der Waals surface area contributed by atoms with Crippen LogP contribution in [0.25, 0.3) is 0 Å². The predicted octanol–water partition coefficient (Wildman–Crippen LogP) is 4.01. The summed E-state index contributed by atoms with van der Waals surface area (Å²) in [7, 11) is 0. The van der Waals surface area contributed by atoms with Crippen molar-refractivity contribution in [3.8, 4) is 5.75 Å². The van der Waals surface area contributed by atoms with Gasteiger partial charge in [-0.15, -0.1) is 13.2 Å². The summed E-state index contributed by atoms with van der Waals surface area (Å²) in [4.78, 5) is 11.7. The number of nitrogens with one attached hydrogen (secondary N) is 2. The number of benzene rings is 1. The molecule has 2 rings (SSSR count). The molecule has 1 aromatic rings. The fourth-order valence-electron chi connectivity index (χ4n) is 3.00. The number of halogens is 3. The van der Waals surface area contributed by atoms with Crippen LogP contribution in [0.4, 0.5) is 18.0 Å². The van der Waals surface area contributed by atoms with Crippen molar-refractivity contribution in [3.63, 3.8) is 0 Å². The van der Waals surface area contributed by atoms with Crippen molar-refractivity contribution in [3.05, 3.63) is 29.8 Å². The van der Waals surface area contributed by atoms with Crippen LogP contribution >= 0.6 is 0 Å². The number of alkyl halides is 3. The molecule has 1 aliphatic rings. The number of amides is 2. The largest absolute Gasteiger partial charge is 0.573 e. The van der Waals surface area contributed by atoms with Gasteiger partial charge in [0.2, 0.25) is 0 Å². The minimum atomic E-state index is -4.72. The van der Waals surface area contributed by atoms with Gasteiger partial charge in [0.15, 0.2) is 0 Å². The second-order valence-electron chi connectivity index (χ2n) is 6.03. The highest BCUT2D eigenvalue weighted by molar-refractivity contribution is 5.73. The molecule has 7 heteroatoms. The van der Waals surface area contributed by atoms with Crippen molar-refractivity contribution < 1.29 is 22.7 Å². The second-order valence-corrected chi connectivity index (χ2v) is 6.03. The molecule has 1 fully saturated rings. The average molecular weight is 344 g/mol. The molecular formula is C17H23F3N2O2. The lowest BCUT2D eigenvalue weighted by molar-refractivity contribution is -0.274. The summed E-state index contributed by atoms with van der Waals surface area (Å²) in [5, 5.41) is 5.45. The average Bonchev–Trinajstić information content (AvgIpc) is 3.01. The molecule has 1 saturated carbocycles. The van der Waals surface area contributed by atoms with E-state index in [1.165, 1.54) is 37.8 Å². The fraction of sp³-hybridized carbons (Fsp3) is 0.588. The number of hydrogen-bond acceptors (Lipinski definition) is 2. The van der Waals surface area contributed by atoms with E-state index in [-0.39, 0.29) is 24.7 Å². The lowest BCUT2D eigenvalue weighted by atomic mass is 10.0. The van der Waals surface area contributed by atoms with E-state index >= 15 is 0 Å². The van der Waals surface area contributed by atoms with Crippen LogP contribution in [0.3, 0.4) is 0 Å². The Hall–Kier alpha value is -1.92. The molecular weight excluding hydrogens is 321 g/mol. The van der Waals surface area contributed by atoms with E-state index < -0.39 is 6.36 Å². The Morgan fingerprint density at radius 3 is 2.50 bits per heavy atom. The van der Waals surface area contributed by atoms with E-state index in [9.17, 15) is 18.0 Å². The first-order valence-electron chi connectivity index (χ1n) is 8.29. The number of ether oxygens (including phenoxy) is 1. The monoisotopic (exact) mass is 344 g/mol. The van der Waals surface area contributed by atoms with Gasteiger partial charge in [-0.25, -0.2) is 4.79 Å². The summed E-state index contributed by atoms with van der Waals surface area (Å²) in [6.07, 6.45) is 1.55. The molecule has 1 aromatic carbocycles. The molecule has 0 saturated heterocycles. The quantitative estimate of drug-likeness (QED) is 0.785. The maximum Gasteiger partial charge on any atom is 0.573 e. The zero-order valence-corrected chi connectivity index (χ0v) is 13.5. The molecule has 0 aliphatic heterocycles. The minimum Gasteiger partial charge on any atom is -0.406 e. The topological polar surface area (TPSA) is 50.4 Å². The van der Waals surface area contributed by atoms with E-state index in [4.69, 9.17) is 0 Å². The number of carbonyl (C=O) groups excluding carboxylic acids is 1. The Bertz CT molecular complexity index is 529. The number of carbonyl (C=O) groups is 1. The van der Waals surface area contributed by atoms with Crippen molar-refractivity contribution >= 4 is 6.03 Å². The summed E-state index contributed by atoms with van der Waals surface area (Å²) in [5.74, 6) is 0.477. The van der Waals surface area contributed by atoms with Gasteiger partial charge in [0.1, 0.15) is 5.75 Å². The zero-order chi connectivity index (χ0) is 17.4. The van der Waals surface area contributed by atoms with E-state index in [0.717, 1.165) is 6.42 Å². The summed E-state index contributed by atoms with van der Waals surface area (Å²) >= 11 is 0. The van der Waals surface area contributed by atoms with E-state index in [0.29, 0.717) is 18.0 Å². The van der Waals surface area contributed by atoms with Gasteiger partial charge in [-0.3, -0.25) is 0 Å². The summed E-state index contributed by atoms with van der Waals surface area (Å²) < 4.78 is 41.0. The van der Waals surface area contributed by atoms with E-state index in [1.54, 1.807) is 12.1 Å². The van der Waals surface area contributed by atoms with Gasteiger partial charge in [0.25, 0.3) is 0 Å². The molecule has 2 amide bonds. The van der Waals surface area contributed by atoms with Crippen LogP contribution in [0.15, 0.2) is 24.3 Å². The molecule has 0 unspecified atom stereocenters. The maximum atomic E-state index is 12.3. The molecule has 0 aromatic heterocycles. The van der Waals surface area contributed by atoms with Gasteiger partial charge in [-0.2, -0.15) is 0 Å². The lowest BCUT2D eigenvalue weighted by Gasteiger charge is -2.14. The summed E-state index contributed by atoms with van der Waals surface area (Å²) in [6.45, 7) is 0.873. The molecule has 4 nitrogen and oxygen atoms in total. The Morgan fingerprint density at radius 2 is 1.79 bits per heavy atom. The van der Waals surface area contributed by atoms with Crippen LogP contribution in [0, 0.1) is 5.92 Å². The smallest absolute Gasteiger partial charge is 0.406 e. The maximum absolute atomic E-state index is 12.3. The third-order valence-electron chi connectivity index (χ3n) is 4.19. The molecule has 0 bridgehead atoms. The van der Waals surface area contributed by atoms with Gasteiger partial charge in [-0.05, 0) is 30.4 Å². The zero-order valence-electron chi connectivity index (χ0n) is 13.5. The first-order chi connectivity index (χ1) is 11.4.